The second-order valence-electron chi connectivity index (χ2n) is 7.64. The Morgan fingerprint density at radius 3 is 2.48 bits per heavy atom. The number of ether oxygens (including phenoxy) is 1. The highest BCUT2D eigenvalue weighted by atomic mass is 16.5. The quantitative estimate of drug-likeness (QED) is 0.830. The average Bonchev–Trinajstić information content (AvgIpc) is 3.09. The molecule has 1 aliphatic carbocycles. The molecule has 5 heteroatoms. The summed E-state index contributed by atoms with van der Waals surface area (Å²) in [5.41, 5.74) is 6.93. The summed E-state index contributed by atoms with van der Waals surface area (Å²) >= 11 is 0. The van der Waals surface area contributed by atoms with Gasteiger partial charge in [-0.25, -0.2) is 0 Å². The van der Waals surface area contributed by atoms with E-state index in [4.69, 9.17) is 10.5 Å². The first kappa shape index (κ1) is 18.2. The second-order valence-corrected chi connectivity index (χ2v) is 7.64. The standard InChI is InChI=1S/C20H31N3O2/c1-25-18-6-4-17(5-7-18)15-23-12-8-16(9-13-23)14-22-19(24)20(21)10-2-3-11-20/h4-7,16H,2-3,8-15,21H2,1H3,(H,22,24). The molecular formula is C20H31N3O2. The summed E-state index contributed by atoms with van der Waals surface area (Å²) in [6, 6.07) is 8.30. The topological polar surface area (TPSA) is 67.6 Å². The molecule has 2 fully saturated rings. The van der Waals surface area contributed by atoms with Gasteiger partial charge in [-0.05, 0) is 62.4 Å². The van der Waals surface area contributed by atoms with Gasteiger partial charge in [-0.3, -0.25) is 9.69 Å². The first-order valence-electron chi connectivity index (χ1n) is 9.51. The van der Waals surface area contributed by atoms with E-state index in [0.717, 1.165) is 70.5 Å². The van der Waals surface area contributed by atoms with Gasteiger partial charge in [0, 0.05) is 13.1 Å². The molecule has 1 aliphatic heterocycles. The number of methoxy groups -OCH3 is 1. The van der Waals surface area contributed by atoms with Gasteiger partial charge >= 0.3 is 0 Å². The van der Waals surface area contributed by atoms with Crippen LogP contribution in [0.2, 0.25) is 0 Å². The summed E-state index contributed by atoms with van der Waals surface area (Å²) in [6.07, 6.45) is 6.08. The Morgan fingerprint density at radius 2 is 1.88 bits per heavy atom. The van der Waals surface area contributed by atoms with Crippen molar-refractivity contribution in [2.45, 2.75) is 50.6 Å². The van der Waals surface area contributed by atoms with Crippen LogP contribution in [0.3, 0.4) is 0 Å². The lowest BCUT2D eigenvalue weighted by atomic mass is 9.94. The number of rotatable bonds is 6. The summed E-state index contributed by atoms with van der Waals surface area (Å²) < 4.78 is 5.21. The van der Waals surface area contributed by atoms with Crippen LogP contribution in [0.15, 0.2) is 24.3 Å². The molecule has 1 heterocycles. The molecule has 1 saturated heterocycles. The lowest BCUT2D eigenvalue weighted by Gasteiger charge is -2.32. The Kier molecular flexibility index (Phi) is 5.97. The van der Waals surface area contributed by atoms with Crippen LogP contribution in [0.5, 0.6) is 5.75 Å². The molecule has 3 rings (SSSR count). The molecule has 1 aromatic rings. The number of amides is 1. The van der Waals surface area contributed by atoms with E-state index in [0.29, 0.717) is 5.92 Å². The number of piperidine rings is 1. The van der Waals surface area contributed by atoms with Gasteiger partial charge in [-0.2, -0.15) is 0 Å². The number of carbonyl (C=O) groups is 1. The maximum Gasteiger partial charge on any atom is 0.240 e. The molecule has 5 nitrogen and oxygen atoms in total. The van der Waals surface area contributed by atoms with Gasteiger partial charge in [-0.1, -0.05) is 25.0 Å². The van der Waals surface area contributed by atoms with Gasteiger partial charge in [0.2, 0.25) is 5.91 Å². The van der Waals surface area contributed by atoms with Crippen LogP contribution >= 0.6 is 0 Å². The smallest absolute Gasteiger partial charge is 0.240 e. The normalized spacial score (nSPS) is 21.2. The van der Waals surface area contributed by atoms with Crippen molar-refractivity contribution in [1.29, 1.82) is 0 Å². The number of carbonyl (C=O) groups excluding carboxylic acids is 1. The van der Waals surface area contributed by atoms with Crippen LogP contribution in [-0.2, 0) is 11.3 Å². The predicted octanol–water partition coefficient (Wildman–Crippen LogP) is 2.29. The third-order valence-corrected chi connectivity index (χ3v) is 5.77. The van der Waals surface area contributed by atoms with Crippen molar-refractivity contribution in [3.63, 3.8) is 0 Å². The molecule has 0 bridgehead atoms. The molecule has 1 saturated carbocycles. The van der Waals surface area contributed by atoms with Gasteiger partial charge in [0.1, 0.15) is 5.75 Å². The lowest BCUT2D eigenvalue weighted by Crippen LogP contribution is -2.53. The van der Waals surface area contributed by atoms with E-state index in [1.807, 2.05) is 12.1 Å². The van der Waals surface area contributed by atoms with Crippen molar-refractivity contribution in [3.8, 4) is 5.75 Å². The van der Waals surface area contributed by atoms with Crippen LogP contribution in [0.25, 0.3) is 0 Å². The van der Waals surface area contributed by atoms with E-state index in [2.05, 4.69) is 22.3 Å². The van der Waals surface area contributed by atoms with Crippen molar-refractivity contribution >= 4 is 5.91 Å². The van der Waals surface area contributed by atoms with Gasteiger partial charge in [-0.15, -0.1) is 0 Å². The number of nitrogens with zero attached hydrogens (tertiary/aromatic N) is 1. The summed E-state index contributed by atoms with van der Waals surface area (Å²) in [7, 11) is 1.69. The molecule has 0 unspecified atom stereocenters. The number of nitrogens with two attached hydrogens (primary N) is 1. The number of likely N-dealkylation sites (tertiary alicyclic amines) is 1. The molecule has 25 heavy (non-hydrogen) atoms. The van der Waals surface area contributed by atoms with Crippen molar-refractivity contribution < 1.29 is 9.53 Å². The third-order valence-electron chi connectivity index (χ3n) is 5.77. The van der Waals surface area contributed by atoms with Crippen molar-refractivity contribution in [1.82, 2.24) is 10.2 Å². The Morgan fingerprint density at radius 1 is 1.24 bits per heavy atom. The minimum atomic E-state index is -0.602. The van der Waals surface area contributed by atoms with E-state index in [9.17, 15) is 4.79 Å². The number of benzene rings is 1. The lowest BCUT2D eigenvalue weighted by molar-refractivity contribution is -0.126. The zero-order chi connectivity index (χ0) is 17.7. The predicted molar refractivity (Wildman–Crippen MR) is 99.4 cm³/mol. The molecule has 0 radical (unpaired) electrons. The largest absolute Gasteiger partial charge is 0.497 e. The maximum atomic E-state index is 12.3. The van der Waals surface area contributed by atoms with E-state index >= 15 is 0 Å². The SMILES string of the molecule is COc1ccc(CN2CCC(CNC(=O)C3(N)CCCC3)CC2)cc1. The maximum absolute atomic E-state index is 12.3. The fourth-order valence-electron chi connectivity index (χ4n) is 3.98. The molecule has 138 valence electrons. The van der Waals surface area contributed by atoms with E-state index in [1.165, 1.54) is 5.56 Å². The summed E-state index contributed by atoms with van der Waals surface area (Å²) in [5, 5.41) is 3.12. The molecule has 1 amide bonds. The van der Waals surface area contributed by atoms with E-state index in [1.54, 1.807) is 7.11 Å². The Balaban J connectivity index is 1.38. The van der Waals surface area contributed by atoms with Gasteiger partial charge < -0.3 is 15.8 Å². The van der Waals surface area contributed by atoms with Crippen molar-refractivity contribution in [3.05, 3.63) is 29.8 Å². The Hall–Kier alpha value is -1.59. The molecule has 0 atom stereocenters. The number of hydrogen-bond donors (Lipinski definition) is 2. The molecular weight excluding hydrogens is 314 g/mol. The third kappa shape index (κ3) is 4.73. The molecule has 0 spiro atoms. The fraction of sp³-hybridized carbons (Fsp3) is 0.650. The Labute approximate surface area is 150 Å². The number of nitrogens with one attached hydrogen (secondary N) is 1. The minimum Gasteiger partial charge on any atom is -0.497 e. The minimum absolute atomic E-state index is 0.0608. The van der Waals surface area contributed by atoms with Gasteiger partial charge in [0.05, 0.1) is 12.6 Å². The fourth-order valence-corrected chi connectivity index (χ4v) is 3.98. The molecule has 1 aromatic carbocycles. The van der Waals surface area contributed by atoms with Crippen LogP contribution in [0.4, 0.5) is 0 Å². The number of hydrogen-bond acceptors (Lipinski definition) is 4. The average molecular weight is 345 g/mol. The highest BCUT2D eigenvalue weighted by Gasteiger charge is 2.37. The Bertz CT molecular complexity index is 559. The first-order valence-corrected chi connectivity index (χ1v) is 9.51. The highest BCUT2D eigenvalue weighted by Crippen LogP contribution is 2.27. The summed E-state index contributed by atoms with van der Waals surface area (Å²) in [4.78, 5) is 14.8. The van der Waals surface area contributed by atoms with Gasteiger partial charge in [0.15, 0.2) is 0 Å². The van der Waals surface area contributed by atoms with Gasteiger partial charge in [0.25, 0.3) is 0 Å². The molecule has 3 N–H and O–H groups in total. The van der Waals surface area contributed by atoms with Crippen LogP contribution in [0.1, 0.15) is 44.1 Å². The zero-order valence-electron chi connectivity index (χ0n) is 15.3. The molecule has 0 aromatic heterocycles. The van der Waals surface area contributed by atoms with Crippen LogP contribution < -0.4 is 15.8 Å². The van der Waals surface area contributed by atoms with Crippen LogP contribution in [-0.4, -0.2) is 43.1 Å². The monoisotopic (exact) mass is 345 g/mol. The first-order chi connectivity index (χ1) is 12.1. The molecule has 2 aliphatic rings. The van der Waals surface area contributed by atoms with Crippen molar-refractivity contribution in [2.24, 2.45) is 11.7 Å². The summed E-state index contributed by atoms with van der Waals surface area (Å²) in [6.45, 7) is 3.92. The van der Waals surface area contributed by atoms with Crippen LogP contribution in [0, 0.1) is 5.92 Å². The zero-order valence-corrected chi connectivity index (χ0v) is 15.3. The second kappa shape index (κ2) is 8.19. The highest BCUT2D eigenvalue weighted by molar-refractivity contribution is 5.86. The van der Waals surface area contributed by atoms with Crippen molar-refractivity contribution in [2.75, 3.05) is 26.7 Å². The van der Waals surface area contributed by atoms with E-state index in [-0.39, 0.29) is 5.91 Å². The van der Waals surface area contributed by atoms with E-state index < -0.39 is 5.54 Å². The summed E-state index contributed by atoms with van der Waals surface area (Å²) in [5.74, 6) is 1.53.